The van der Waals surface area contributed by atoms with Gasteiger partial charge in [-0.3, -0.25) is 0 Å². The number of imidazole rings is 1. The molecule has 0 spiro atoms. The average Bonchev–Trinajstić information content (AvgIpc) is 3.01. The molecule has 4 nitrogen and oxygen atoms in total. The minimum absolute atomic E-state index is 0.0491. The smallest absolute Gasteiger partial charge is 0.119 e. The predicted octanol–water partition coefficient (Wildman–Crippen LogP) is 3.81. The van der Waals surface area contributed by atoms with Crippen LogP contribution in [0.3, 0.4) is 0 Å². The second kappa shape index (κ2) is 6.75. The van der Waals surface area contributed by atoms with Crippen LogP contribution in [0.4, 0.5) is 0 Å². The van der Waals surface area contributed by atoms with E-state index in [9.17, 15) is 0 Å². The van der Waals surface area contributed by atoms with Crippen molar-refractivity contribution in [3.63, 3.8) is 0 Å². The fraction of sp³-hybridized carbons (Fsp3) is 0.526. The first-order valence-corrected chi connectivity index (χ1v) is 8.35. The first-order valence-electron chi connectivity index (χ1n) is 8.35. The van der Waals surface area contributed by atoms with Gasteiger partial charge in [0.05, 0.1) is 12.7 Å². The number of hydrogen-bond donors (Lipinski definition) is 0. The second-order valence-corrected chi connectivity index (χ2v) is 6.88. The molecule has 1 aliphatic rings. The fourth-order valence-electron chi connectivity index (χ4n) is 3.40. The van der Waals surface area contributed by atoms with E-state index in [2.05, 4.69) is 41.7 Å². The molecule has 1 aromatic heterocycles. The summed E-state index contributed by atoms with van der Waals surface area (Å²) in [5.74, 6) is 2.60. The Hall–Kier alpha value is -1.81. The highest BCUT2D eigenvalue weighted by molar-refractivity contribution is 5.28. The zero-order chi connectivity index (χ0) is 16.3. The van der Waals surface area contributed by atoms with Crippen molar-refractivity contribution in [3.05, 3.63) is 48.0 Å². The van der Waals surface area contributed by atoms with Crippen LogP contribution in [-0.2, 0) is 17.7 Å². The standard InChI is InChI=1S/C19H26N2O2/c1-19(2)14-16(8-12-23-19)18-20-9-11-21(18)10-7-15-5-4-6-17(13-15)22-3/h4-6,9,11,13,16H,7-8,10,12,14H2,1-3H3/t16-/m0/s1. The molecular weight excluding hydrogens is 288 g/mol. The lowest BCUT2D eigenvalue weighted by Crippen LogP contribution is -2.34. The molecule has 1 saturated heterocycles. The lowest BCUT2D eigenvalue weighted by molar-refractivity contribution is -0.0606. The number of aromatic nitrogens is 2. The maximum Gasteiger partial charge on any atom is 0.119 e. The summed E-state index contributed by atoms with van der Waals surface area (Å²) in [5.41, 5.74) is 1.24. The Kier molecular flexibility index (Phi) is 4.71. The lowest BCUT2D eigenvalue weighted by atomic mass is 9.88. The zero-order valence-corrected chi connectivity index (χ0v) is 14.3. The van der Waals surface area contributed by atoms with Crippen molar-refractivity contribution in [1.82, 2.24) is 9.55 Å². The first kappa shape index (κ1) is 16.1. The monoisotopic (exact) mass is 314 g/mol. The van der Waals surface area contributed by atoms with Gasteiger partial charge in [-0.25, -0.2) is 4.98 Å². The third-order valence-electron chi connectivity index (χ3n) is 4.59. The highest BCUT2D eigenvalue weighted by Gasteiger charge is 2.31. The molecule has 1 aliphatic heterocycles. The summed E-state index contributed by atoms with van der Waals surface area (Å²) in [6, 6.07) is 8.28. The SMILES string of the molecule is COc1cccc(CCn2ccnc2[C@H]2CCOC(C)(C)C2)c1. The number of methoxy groups -OCH3 is 1. The Bertz CT molecular complexity index is 648. The highest BCUT2D eigenvalue weighted by atomic mass is 16.5. The van der Waals surface area contributed by atoms with Gasteiger partial charge < -0.3 is 14.0 Å². The van der Waals surface area contributed by atoms with Crippen LogP contribution < -0.4 is 4.74 Å². The lowest BCUT2D eigenvalue weighted by Gasteiger charge is -2.35. The Morgan fingerprint density at radius 2 is 2.26 bits per heavy atom. The largest absolute Gasteiger partial charge is 0.497 e. The summed E-state index contributed by atoms with van der Waals surface area (Å²) >= 11 is 0. The van der Waals surface area contributed by atoms with E-state index < -0.39 is 0 Å². The van der Waals surface area contributed by atoms with Gasteiger partial charge in [-0.15, -0.1) is 0 Å². The van der Waals surface area contributed by atoms with Crippen LogP contribution in [0.25, 0.3) is 0 Å². The summed E-state index contributed by atoms with van der Waals surface area (Å²) in [7, 11) is 1.71. The Balaban J connectivity index is 1.68. The summed E-state index contributed by atoms with van der Waals surface area (Å²) < 4.78 is 13.4. The Labute approximate surface area is 138 Å². The molecule has 0 saturated carbocycles. The Morgan fingerprint density at radius 1 is 1.39 bits per heavy atom. The molecule has 0 aliphatic carbocycles. The molecule has 124 valence electrons. The van der Waals surface area contributed by atoms with E-state index in [1.54, 1.807) is 7.11 Å². The van der Waals surface area contributed by atoms with Crippen molar-refractivity contribution in [2.45, 2.75) is 51.2 Å². The third-order valence-corrected chi connectivity index (χ3v) is 4.59. The molecule has 0 amide bonds. The summed E-state index contributed by atoms with van der Waals surface area (Å²) in [6.07, 6.45) is 7.08. The van der Waals surface area contributed by atoms with Crippen molar-refractivity contribution in [1.29, 1.82) is 0 Å². The molecular formula is C19H26N2O2. The van der Waals surface area contributed by atoms with Crippen LogP contribution in [0.2, 0.25) is 0 Å². The van der Waals surface area contributed by atoms with Crippen LogP contribution in [0, 0.1) is 0 Å². The number of nitrogens with zero attached hydrogens (tertiary/aromatic N) is 2. The average molecular weight is 314 g/mol. The van der Waals surface area contributed by atoms with Crippen molar-refractivity contribution in [2.24, 2.45) is 0 Å². The van der Waals surface area contributed by atoms with Crippen LogP contribution in [0.1, 0.15) is 44.0 Å². The second-order valence-electron chi connectivity index (χ2n) is 6.88. The van der Waals surface area contributed by atoms with Crippen molar-refractivity contribution < 1.29 is 9.47 Å². The van der Waals surface area contributed by atoms with Gasteiger partial charge >= 0.3 is 0 Å². The molecule has 0 bridgehead atoms. The predicted molar refractivity (Wildman–Crippen MR) is 90.9 cm³/mol. The van der Waals surface area contributed by atoms with E-state index in [0.29, 0.717) is 5.92 Å². The number of aryl methyl sites for hydroxylation is 2. The molecule has 0 radical (unpaired) electrons. The maximum atomic E-state index is 5.84. The number of ether oxygens (including phenoxy) is 2. The molecule has 1 fully saturated rings. The molecule has 3 rings (SSSR count). The van der Waals surface area contributed by atoms with Gasteiger partial charge in [0.1, 0.15) is 11.6 Å². The van der Waals surface area contributed by atoms with E-state index in [0.717, 1.165) is 38.2 Å². The highest BCUT2D eigenvalue weighted by Crippen LogP contribution is 2.34. The number of benzene rings is 1. The zero-order valence-electron chi connectivity index (χ0n) is 14.3. The van der Waals surface area contributed by atoms with Crippen LogP contribution in [-0.4, -0.2) is 28.9 Å². The summed E-state index contributed by atoms with van der Waals surface area (Å²) in [6.45, 7) is 6.10. The van der Waals surface area contributed by atoms with Crippen LogP contribution in [0.5, 0.6) is 5.75 Å². The van der Waals surface area contributed by atoms with E-state index >= 15 is 0 Å². The van der Waals surface area contributed by atoms with Gasteiger partial charge in [-0.2, -0.15) is 0 Å². The minimum Gasteiger partial charge on any atom is -0.497 e. The maximum absolute atomic E-state index is 5.84. The van der Waals surface area contributed by atoms with E-state index in [1.165, 1.54) is 11.4 Å². The van der Waals surface area contributed by atoms with Crippen molar-refractivity contribution in [3.8, 4) is 5.75 Å². The molecule has 4 heteroatoms. The van der Waals surface area contributed by atoms with Crippen LogP contribution in [0.15, 0.2) is 36.7 Å². The molecule has 2 heterocycles. The van der Waals surface area contributed by atoms with E-state index in [4.69, 9.17) is 9.47 Å². The van der Waals surface area contributed by atoms with Gasteiger partial charge in [0.15, 0.2) is 0 Å². The number of rotatable bonds is 5. The van der Waals surface area contributed by atoms with Gasteiger partial charge in [0.2, 0.25) is 0 Å². The van der Waals surface area contributed by atoms with Crippen molar-refractivity contribution in [2.75, 3.05) is 13.7 Å². The van der Waals surface area contributed by atoms with E-state index in [-0.39, 0.29) is 5.60 Å². The van der Waals surface area contributed by atoms with E-state index in [1.807, 2.05) is 18.3 Å². The van der Waals surface area contributed by atoms with Gasteiger partial charge in [0, 0.05) is 31.5 Å². The molecule has 2 aromatic rings. The topological polar surface area (TPSA) is 36.3 Å². The molecule has 1 aromatic carbocycles. The third kappa shape index (κ3) is 3.94. The van der Waals surface area contributed by atoms with Gasteiger partial charge in [0.25, 0.3) is 0 Å². The quantitative estimate of drug-likeness (QED) is 0.842. The molecule has 0 N–H and O–H groups in total. The molecule has 23 heavy (non-hydrogen) atoms. The summed E-state index contributed by atoms with van der Waals surface area (Å²) in [5, 5.41) is 0. The summed E-state index contributed by atoms with van der Waals surface area (Å²) in [4.78, 5) is 4.63. The Morgan fingerprint density at radius 3 is 3.04 bits per heavy atom. The van der Waals surface area contributed by atoms with Crippen LogP contribution >= 0.6 is 0 Å². The van der Waals surface area contributed by atoms with Gasteiger partial charge in [-0.1, -0.05) is 12.1 Å². The molecule has 1 atom stereocenters. The minimum atomic E-state index is -0.0491. The first-order chi connectivity index (χ1) is 11.1. The van der Waals surface area contributed by atoms with Gasteiger partial charge in [-0.05, 0) is 50.8 Å². The number of hydrogen-bond acceptors (Lipinski definition) is 3. The fourth-order valence-corrected chi connectivity index (χ4v) is 3.40. The molecule has 0 unspecified atom stereocenters. The van der Waals surface area contributed by atoms with Crippen molar-refractivity contribution >= 4 is 0 Å². The normalized spacial score (nSPS) is 20.4.